The summed E-state index contributed by atoms with van der Waals surface area (Å²) in [7, 11) is 0. The summed E-state index contributed by atoms with van der Waals surface area (Å²) in [5.74, 6) is 2.21. The third-order valence-electron chi connectivity index (χ3n) is 3.03. The van der Waals surface area contributed by atoms with E-state index in [9.17, 15) is 0 Å². The number of hydrogen-bond donors (Lipinski definition) is 0. The van der Waals surface area contributed by atoms with Gasteiger partial charge < -0.3 is 4.57 Å². The molecule has 0 bridgehead atoms. The van der Waals surface area contributed by atoms with E-state index in [1.165, 1.54) is 19.4 Å². The van der Waals surface area contributed by atoms with Gasteiger partial charge in [-0.05, 0) is 19.8 Å². The standard InChI is InChI=1S/C9H14N4/c1-7-10-11-9-6-12(8-2-3-8)4-5-13(7)9/h8H,2-6H2,1H3. The molecule has 0 aromatic carbocycles. The van der Waals surface area contributed by atoms with Crippen LogP contribution in [0.4, 0.5) is 0 Å². The molecule has 0 amide bonds. The van der Waals surface area contributed by atoms with Gasteiger partial charge >= 0.3 is 0 Å². The normalized spacial score (nSPS) is 23.2. The largest absolute Gasteiger partial charge is 0.313 e. The van der Waals surface area contributed by atoms with Crippen LogP contribution in [0.5, 0.6) is 0 Å². The smallest absolute Gasteiger partial charge is 0.147 e. The molecule has 3 rings (SSSR count). The van der Waals surface area contributed by atoms with Crippen LogP contribution in [0, 0.1) is 6.92 Å². The van der Waals surface area contributed by atoms with Gasteiger partial charge in [0.1, 0.15) is 11.6 Å². The Hall–Kier alpha value is -0.900. The van der Waals surface area contributed by atoms with E-state index in [0.717, 1.165) is 30.8 Å². The fourth-order valence-corrected chi connectivity index (χ4v) is 2.07. The first-order valence-corrected chi connectivity index (χ1v) is 4.97. The molecule has 1 aromatic heterocycles. The molecule has 13 heavy (non-hydrogen) atoms. The van der Waals surface area contributed by atoms with E-state index in [1.807, 2.05) is 6.92 Å². The van der Waals surface area contributed by atoms with Crippen molar-refractivity contribution in [1.29, 1.82) is 0 Å². The lowest BCUT2D eigenvalue weighted by Gasteiger charge is -2.27. The summed E-state index contributed by atoms with van der Waals surface area (Å²) < 4.78 is 2.24. The average molecular weight is 178 g/mol. The van der Waals surface area contributed by atoms with Crippen molar-refractivity contribution in [1.82, 2.24) is 19.7 Å². The molecule has 0 spiro atoms. The van der Waals surface area contributed by atoms with Crippen LogP contribution in [-0.4, -0.2) is 32.3 Å². The van der Waals surface area contributed by atoms with Crippen LogP contribution in [0.3, 0.4) is 0 Å². The number of aromatic nitrogens is 3. The summed E-state index contributed by atoms with van der Waals surface area (Å²) in [6.07, 6.45) is 2.76. The number of aryl methyl sites for hydroxylation is 1. The molecule has 2 heterocycles. The second-order valence-corrected chi connectivity index (χ2v) is 4.02. The van der Waals surface area contributed by atoms with Crippen molar-refractivity contribution in [3.05, 3.63) is 11.6 Å². The van der Waals surface area contributed by atoms with Gasteiger partial charge in [-0.2, -0.15) is 0 Å². The number of hydrogen-bond acceptors (Lipinski definition) is 3. The molecule has 4 heteroatoms. The molecule has 0 atom stereocenters. The third-order valence-corrected chi connectivity index (χ3v) is 3.03. The minimum absolute atomic E-state index is 0.853. The van der Waals surface area contributed by atoms with E-state index in [1.54, 1.807) is 0 Å². The SMILES string of the molecule is Cc1nnc2n1CCN(C1CC1)C2. The van der Waals surface area contributed by atoms with Crippen molar-refractivity contribution in [3.63, 3.8) is 0 Å². The Bertz CT molecular complexity index is 326. The van der Waals surface area contributed by atoms with Crippen LogP contribution in [0.25, 0.3) is 0 Å². The van der Waals surface area contributed by atoms with E-state index in [2.05, 4.69) is 19.7 Å². The fraction of sp³-hybridized carbons (Fsp3) is 0.778. The second kappa shape index (κ2) is 2.54. The highest BCUT2D eigenvalue weighted by atomic mass is 15.3. The third kappa shape index (κ3) is 1.16. The molecular formula is C9H14N4. The van der Waals surface area contributed by atoms with Crippen LogP contribution < -0.4 is 0 Å². The van der Waals surface area contributed by atoms with E-state index < -0.39 is 0 Å². The second-order valence-electron chi connectivity index (χ2n) is 4.02. The quantitative estimate of drug-likeness (QED) is 0.630. The van der Waals surface area contributed by atoms with Gasteiger partial charge in [0.05, 0.1) is 6.54 Å². The number of rotatable bonds is 1. The van der Waals surface area contributed by atoms with Crippen LogP contribution in [0.1, 0.15) is 24.5 Å². The predicted octanol–water partition coefficient (Wildman–Crippen LogP) is 0.565. The Morgan fingerprint density at radius 3 is 2.85 bits per heavy atom. The molecule has 0 unspecified atom stereocenters. The molecule has 1 aliphatic heterocycles. The summed E-state index contributed by atoms with van der Waals surface area (Å²) in [5, 5.41) is 8.29. The van der Waals surface area contributed by atoms with Gasteiger partial charge in [-0.25, -0.2) is 0 Å². The van der Waals surface area contributed by atoms with Crippen molar-refractivity contribution in [2.24, 2.45) is 0 Å². The maximum Gasteiger partial charge on any atom is 0.147 e. The first-order chi connectivity index (χ1) is 6.34. The Balaban J connectivity index is 1.86. The highest BCUT2D eigenvalue weighted by molar-refractivity contribution is 4.99. The highest BCUT2D eigenvalue weighted by Crippen LogP contribution is 2.29. The molecular weight excluding hydrogens is 164 g/mol. The molecule has 0 saturated heterocycles. The van der Waals surface area contributed by atoms with Crippen LogP contribution >= 0.6 is 0 Å². The Morgan fingerprint density at radius 2 is 2.08 bits per heavy atom. The molecule has 1 aromatic rings. The minimum Gasteiger partial charge on any atom is -0.313 e. The zero-order valence-electron chi connectivity index (χ0n) is 7.90. The van der Waals surface area contributed by atoms with Crippen molar-refractivity contribution in [2.75, 3.05) is 6.54 Å². The molecule has 0 radical (unpaired) electrons. The summed E-state index contributed by atoms with van der Waals surface area (Å²) in [6, 6.07) is 0.853. The zero-order valence-corrected chi connectivity index (χ0v) is 7.90. The Labute approximate surface area is 77.6 Å². The van der Waals surface area contributed by atoms with Crippen molar-refractivity contribution >= 4 is 0 Å². The average Bonchev–Trinajstić information content (AvgIpc) is 2.93. The summed E-state index contributed by atoms with van der Waals surface area (Å²) >= 11 is 0. The van der Waals surface area contributed by atoms with Crippen molar-refractivity contribution < 1.29 is 0 Å². The Kier molecular flexibility index (Phi) is 1.47. The lowest BCUT2D eigenvalue weighted by atomic mass is 10.3. The first kappa shape index (κ1) is 7.50. The fourth-order valence-electron chi connectivity index (χ4n) is 2.07. The molecule has 1 aliphatic carbocycles. The van der Waals surface area contributed by atoms with Gasteiger partial charge in [-0.3, -0.25) is 4.90 Å². The Morgan fingerprint density at radius 1 is 1.23 bits per heavy atom. The van der Waals surface area contributed by atoms with E-state index >= 15 is 0 Å². The summed E-state index contributed by atoms with van der Waals surface area (Å²) in [6.45, 7) is 5.29. The molecule has 1 saturated carbocycles. The van der Waals surface area contributed by atoms with E-state index in [0.29, 0.717) is 0 Å². The maximum absolute atomic E-state index is 4.19. The van der Waals surface area contributed by atoms with Crippen molar-refractivity contribution in [3.8, 4) is 0 Å². The maximum atomic E-state index is 4.19. The monoisotopic (exact) mass is 178 g/mol. The van der Waals surface area contributed by atoms with Gasteiger partial charge in [0.2, 0.25) is 0 Å². The van der Waals surface area contributed by atoms with Crippen LogP contribution in [-0.2, 0) is 13.1 Å². The van der Waals surface area contributed by atoms with Gasteiger partial charge in [0.25, 0.3) is 0 Å². The van der Waals surface area contributed by atoms with Gasteiger partial charge in [-0.1, -0.05) is 0 Å². The predicted molar refractivity (Wildman–Crippen MR) is 48.2 cm³/mol. The zero-order chi connectivity index (χ0) is 8.84. The van der Waals surface area contributed by atoms with Gasteiger partial charge in [0.15, 0.2) is 0 Å². The number of fused-ring (bicyclic) bond motifs is 1. The van der Waals surface area contributed by atoms with Gasteiger partial charge in [-0.15, -0.1) is 10.2 Å². The summed E-state index contributed by atoms with van der Waals surface area (Å²) in [5.41, 5.74) is 0. The highest BCUT2D eigenvalue weighted by Gasteiger charge is 2.32. The molecule has 1 fully saturated rings. The lowest BCUT2D eigenvalue weighted by Crippen LogP contribution is -2.35. The van der Waals surface area contributed by atoms with Crippen LogP contribution in [0.2, 0.25) is 0 Å². The summed E-state index contributed by atoms with van der Waals surface area (Å²) in [4.78, 5) is 2.53. The topological polar surface area (TPSA) is 34.0 Å². The lowest BCUT2D eigenvalue weighted by molar-refractivity contribution is 0.206. The van der Waals surface area contributed by atoms with E-state index in [-0.39, 0.29) is 0 Å². The molecule has 4 nitrogen and oxygen atoms in total. The number of nitrogens with zero attached hydrogens (tertiary/aromatic N) is 4. The molecule has 0 N–H and O–H groups in total. The first-order valence-electron chi connectivity index (χ1n) is 4.97. The van der Waals surface area contributed by atoms with Crippen LogP contribution in [0.15, 0.2) is 0 Å². The minimum atomic E-state index is 0.853. The van der Waals surface area contributed by atoms with Crippen molar-refractivity contribution in [2.45, 2.75) is 38.9 Å². The molecule has 70 valence electrons. The van der Waals surface area contributed by atoms with E-state index in [4.69, 9.17) is 0 Å². The van der Waals surface area contributed by atoms with Gasteiger partial charge in [0, 0.05) is 19.1 Å². The molecule has 2 aliphatic rings.